The van der Waals surface area contributed by atoms with E-state index >= 15 is 0 Å². The van der Waals surface area contributed by atoms with E-state index in [1.54, 1.807) is 0 Å². The highest BCUT2D eigenvalue weighted by molar-refractivity contribution is 5.85. The molecule has 0 aliphatic carbocycles. The van der Waals surface area contributed by atoms with Crippen LogP contribution in [0.3, 0.4) is 0 Å². The maximum Gasteiger partial charge on any atom is 0.240 e. The zero-order valence-corrected chi connectivity index (χ0v) is 11.8. The normalized spacial score (nSPS) is 12.8. The van der Waals surface area contributed by atoms with Gasteiger partial charge in [-0.25, -0.2) is 0 Å². The quantitative estimate of drug-likeness (QED) is 0.663. The molecule has 0 aromatic rings. The summed E-state index contributed by atoms with van der Waals surface area (Å²) in [4.78, 5) is 12.1. The zero-order valence-electron chi connectivity index (χ0n) is 11.8. The molecule has 0 aromatic carbocycles. The first-order chi connectivity index (χ1) is 8.56. The Kier molecular flexibility index (Phi) is 8.40. The van der Waals surface area contributed by atoms with Gasteiger partial charge in [0.05, 0.1) is 12.2 Å². The highest BCUT2D eigenvalue weighted by Gasteiger charge is 2.36. The van der Waals surface area contributed by atoms with Gasteiger partial charge in [-0.3, -0.25) is 4.79 Å². The van der Waals surface area contributed by atoms with Crippen molar-refractivity contribution < 1.29 is 9.90 Å². The number of hydrogen-bond donors (Lipinski definition) is 2. The van der Waals surface area contributed by atoms with Crippen LogP contribution in [0.1, 0.15) is 59.3 Å². The molecule has 0 bridgehead atoms. The van der Waals surface area contributed by atoms with Gasteiger partial charge in [0.1, 0.15) is 5.41 Å². The molecule has 0 aromatic heterocycles. The summed E-state index contributed by atoms with van der Waals surface area (Å²) in [5, 5.41) is 21.5. The van der Waals surface area contributed by atoms with E-state index in [4.69, 9.17) is 0 Å². The van der Waals surface area contributed by atoms with Crippen LogP contribution in [0, 0.1) is 16.7 Å². The van der Waals surface area contributed by atoms with Crippen LogP contribution >= 0.6 is 0 Å². The van der Waals surface area contributed by atoms with Gasteiger partial charge in [-0.05, 0) is 25.7 Å². The largest absolute Gasteiger partial charge is 0.393 e. The summed E-state index contributed by atoms with van der Waals surface area (Å²) in [5.74, 6) is -0.183. The molecule has 104 valence electrons. The standard InChI is InChI=1S/C14H26N2O2/c1-4-8-14(11-15,9-5-2)13(18)16-10-7-12(17)6-3/h12,17H,4-10H2,1-3H3,(H,16,18). The number of rotatable bonds is 9. The van der Waals surface area contributed by atoms with Gasteiger partial charge in [0.25, 0.3) is 0 Å². The van der Waals surface area contributed by atoms with Gasteiger partial charge in [-0.2, -0.15) is 5.26 Å². The SMILES string of the molecule is CCCC(C#N)(CCC)C(=O)NCCC(O)CC. The predicted octanol–water partition coefficient (Wildman–Crippen LogP) is 2.37. The average molecular weight is 254 g/mol. The van der Waals surface area contributed by atoms with Gasteiger partial charge < -0.3 is 10.4 Å². The topological polar surface area (TPSA) is 73.1 Å². The Morgan fingerprint density at radius 1 is 1.33 bits per heavy atom. The molecule has 1 atom stereocenters. The van der Waals surface area contributed by atoms with Crippen molar-refractivity contribution in [2.75, 3.05) is 6.54 Å². The fourth-order valence-corrected chi connectivity index (χ4v) is 2.09. The average Bonchev–Trinajstić information content (AvgIpc) is 2.37. The van der Waals surface area contributed by atoms with Gasteiger partial charge in [0, 0.05) is 6.54 Å². The van der Waals surface area contributed by atoms with E-state index in [1.165, 1.54) is 0 Å². The summed E-state index contributed by atoms with van der Waals surface area (Å²) in [6, 6.07) is 2.19. The minimum atomic E-state index is -0.888. The van der Waals surface area contributed by atoms with Gasteiger partial charge in [-0.15, -0.1) is 0 Å². The van der Waals surface area contributed by atoms with Crippen LogP contribution in [0.4, 0.5) is 0 Å². The van der Waals surface area contributed by atoms with E-state index in [-0.39, 0.29) is 12.0 Å². The lowest BCUT2D eigenvalue weighted by Crippen LogP contribution is -2.41. The molecule has 0 rings (SSSR count). The molecule has 1 amide bonds. The van der Waals surface area contributed by atoms with Crippen molar-refractivity contribution >= 4 is 5.91 Å². The van der Waals surface area contributed by atoms with Crippen LogP contribution in [0.25, 0.3) is 0 Å². The summed E-state index contributed by atoms with van der Waals surface area (Å²) in [6.07, 6.45) is 3.68. The molecule has 0 aliphatic rings. The molecule has 0 saturated heterocycles. The van der Waals surface area contributed by atoms with E-state index in [0.29, 0.717) is 32.2 Å². The summed E-state index contributed by atoms with van der Waals surface area (Å²) < 4.78 is 0. The molecule has 0 saturated carbocycles. The summed E-state index contributed by atoms with van der Waals surface area (Å²) in [6.45, 7) is 6.30. The van der Waals surface area contributed by atoms with Gasteiger partial charge >= 0.3 is 0 Å². The third kappa shape index (κ3) is 5.05. The highest BCUT2D eigenvalue weighted by Crippen LogP contribution is 2.29. The molecule has 0 aliphatic heterocycles. The molecular formula is C14H26N2O2. The van der Waals surface area contributed by atoms with Crippen LogP contribution in [-0.2, 0) is 4.79 Å². The maximum atomic E-state index is 12.1. The van der Waals surface area contributed by atoms with Crippen molar-refractivity contribution in [1.82, 2.24) is 5.32 Å². The lowest BCUT2D eigenvalue weighted by atomic mass is 9.80. The molecule has 2 N–H and O–H groups in total. The second kappa shape index (κ2) is 8.93. The summed E-state index contributed by atoms with van der Waals surface area (Å²) in [5.41, 5.74) is -0.888. The third-order valence-electron chi connectivity index (χ3n) is 3.24. The molecule has 0 fully saturated rings. The van der Waals surface area contributed by atoms with Crippen LogP contribution < -0.4 is 5.32 Å². The highest BCUT2D eigenvalue weighted by atomic mass is 16.3. The van der Waals surface area contributed by atoms with Crippen molar-refractivity contribution in [2.24, 2.45) is 5.41 Å². The Labute approximate surface area is 110 Å². The third-order valence-corrected chi connectivity index (χ3v) is 3.24. The molecule has 1 unspecified atom stereocenters. The molecule has 0 spiro atoms. The van der Waals surface area contributed by atoms with Crippen LogP contribution in [0.2, 0.25) is 0 Å². The zero-order chi connectivity index (χ0) is 14.0. The van der Waals surface area contributed by atoms with Crippen molar-refractivity contribution in [3.8, 4) is 6.07 Å². The number of carbonyl (C=O) groups excluding carboxylic acids is 1. The Balaban J connectivity index is 4.43. The second-order valence-electron chi connectivity index (χ2n) is 4.80. The number of aliphatic hydroxyl groups is 1. The van der Waals surface area contributed by atoms with E-state index in [9.17, 15) is 15.2 Å². The van der Waals surface area contributed by atoms with Crippen molar-refractivity contribution in [3.63, 3.8) is 0 Å². The first kappa shape index (κ1) is 16.9. The van der Waals surface area contributed by atoms with Gasteiger partial charge in [0.15, 0.2) is 0 Å². The molecule has 0 heterocycles. The molecule has 4 nitrogen and oxygen atoms in total. The van der Waals surface area contributed by atoms with E-state index in [2.05, 4.69) is 11.4 Å². The lowest BCUT2D eigenvalue weighted by molar-refractivity contribution is -0.129. The minimum absolute atomic E-state index is 0.183. The maximum absolute atomic E-state index is 12.1. The second-order valence-corrected chi connectivity index (χ2v) is 4.80. The Hall–Kier alpha value is -1.08. The lowest BCUT2D eigenvalue weighted by Gasteiger charge is -2.24. The number of nitriles is 1. The Morgan fingerprint density at radius 3 is 2.28 bits per heavy atom. The number of aliphatic hydroxyl groups excluding tert-OH is 1. The van der Waals surface area contributed by atoms with Crippen molar-refractivity contribution in [3.05, 3.63) is 0 Å². The number of amides is 1. The van der Waals surface area contributed by atoms with E-state index in [1.807, 2.05) is 20.8 Å². The first-order valence-corrected chi connectivity index (χ1v) is 6.93. The number of nitrogens with zero attached hydrogens (tertiary/aromatic N) is 1. The first-order valence-electron chi connectivity index (χ1n) is 6.93. The summed E-state index contributed by atoms with van der Waals surface area (Å²) in [7, 11) is 0. The number of nitrogens with one attached hydrogen (secondary N) is 1. The molecular weight excluding hydrogens is 228 g/mol. The molecule has 18 heavy (non-hydrogen) atoms. The van der Waals surface area contributed by atoms with Gasteiger partial charge in [0.2, 0.25) is 5.91 Å². The van der Waals surface area contributed by atoms with Crippen LogP contribution in [-0.4, -0.2) is 23.7 Å². The monoisotopic (exact) mass is 254 g/mol. The molecule has 0 radical (unpaired) electrons. The van der Waals surface area contributed by atoms with Crippen LogP contribution in [0.15, 0.2) is 0 Å². The molecule has 4 heteroatoms. The Bertz CT molecular complexity index is 278. The van der Waals surface area contributed by atoms with Crippen molar-refractivity contribution in [1.29, 1.82) is 5.26 Å². The smallest absolute Gasteiger partial charge is 0.240 e. The fraction of sp³-hybridized carbons (Fsp3) is 0.857. The minimum Gasteiger partial charge on any atom is -0.393 e. The van der Waals surface area contributed by atoms with Crippen molar-refractivity contribution in [2.45, 2.75) is 65.4 Å². The fourth-order valence-electron chi connectivity index (χ4n) is 2.09. The summed E-state index contributed by atoms with van der Waals surface area (Å²) >= 11 is 0. The number of carbonyl (C=O) groups is 1. The van der Waals surface area contributed by atoms with Gasteiger partial charge in [-0.1, -0.05) is 33.6 Å². The number of hydrogen-bond acceptors (Lipinski definition) is 3. The van der Waals surface area contributed by atoms with E-state index in [0.717, 1.165) is 12.8 Å². The van der Waals surface area contributed by atoms with Crippen LogP contribution in [0.5, 0.6) is 0 Å². The Morgan fingerprint density at radius 2 is 1.89 bits per heavy atom. The predicted molar refractivity (Wildman–Crippen MR) is 71.8 cm³/mol. The van der Waals surface area contributed by atoms with E-state index < -0.39 is 5.41 Å².